The zero-order valence-electron chi connectivity index (χ0n) is 16.4. The molecule has 1 fully saturated rings. The molecule has 3 rings (SSSR count). The fourth-order valence-electron chi connectivity index (χ4n) is 3.84. The third-order valence-electron chi connectivity index (χ3n) is 5.61. The van der Waals surface area contributed by atoms with Crippen LogP contribution in [0, 0.1) is 11.8 Å². The van der Waals surface area contributed by atoms with Gasteiger partial charge in [0.25, 0.3) is 0 Å². The molecule has 158 valence electrons. The van der Waals surface area contributed by atoms with E-state index in [0.29, 0.717) is 11.6 Å². The summed E-state index contributed by atoms with van der Waals surface area (Å²) in [6.45, 7) is 4.38. The molecule has 0 spiro atoms. The van der Waals surface area contributed by atoms with Gasteiger partial charge in [0.2, 0.25) is 5.91 Å². The number of anilines is 1. The summed E-state index contributed by atoms with van der Waals surface area (Å²) in [5, 5.41) is 9.80. The molecule has 5 nitrogen and oxygen atoms in total. The van der Waals surface area contributed by atoms with Crippen LogP contribution in [0.2, 0.25) is 0 Å². The summed E-state index contributed by atoms with van der Waals surface area (Å²) in [4.78, 5) is 28.1. The maximum Gasteiger partial charge on any atom is 0.348 e. The summed E-state index contributed by atoms with van der Waals surface area (Å²) in [5.41, 5.74) is 7.32. The number of thiophene rings is 1. The molecule has 1 aliphatic carbocycles. The molecule has 1 aromatic heterocycles. The van der Waals surface area contributed by atoms with E-state index in [1.807, 2.05) is 43.3 Å². The van der Waals surface area contributed by atoms with Crippen LogP contribution in [0.1, 0.15) is 56.6 Å². The van der Waals surface area contributed by atoms with Crippen molar-refractivity contribution in [3.05, 3.63) is 41.3 Å². The van der Waals surface area contributed by atoms with Crippen molar-refractivity contribution < 1.29 is 14.7 Å². The van der Waals surface area contributed by atoms with Gasteiger partial charge in [-0.25, -0.2) is 4.79 Å². The number of carboxylic acid groups (broad SMARTS) is 1. The average molecular weight is 417 g/mol. The van der Waals surface area contributed by atoms with Crippen molar-refractivity contribution in [1.82, 2.24) is 0 Å². The van der Waals surface area contributed by atoms with Gasteiger partial charge >= 0.3 is 5.97 Å². The minimum atomic E-state index is -1.01. The van der Waals surface area contributed by atoms with Crippen molar-refractivity contribution in [2.45, 2.75) is 53.0 Å². The predicted octanol–water partition coefficient (Wildman–Crippen LogP) is 5.26. The highest BCUT2D eigenvalue weighted by atomic mass is 32.1. The second-order valence-corrected chi connectivity index (χ2v) is 8.80. The highest BCUT2D eigenvalue weighted by Crippen LogP contribution is 2.39. The van der Waals surface area contributed by atoms with E-state index in [1.165, 1.54) is 11.3 Å². The molecule has 29 heavy (non-hydrogen) atoms. The van der Waals surface area contributed by atoms with E-state index in [-0.39, 0.29) is 36.7 Å². The van der Waals surface area contributed by atoms with E-state index >= 15 is 0 Å². The fourth-order valence-corrected chi connectivity index (χ4v) is 4.83. The molecule has 0 aliphatic heterocycles. The lowest BCUT2D eigenvalue weighted by molar-refractivity contribution is -0.123. The van der Waals surface area contributed by atoms with E-state index < -0.39 is 5.97 Å². The van der Waals surface area contributed by atoms with Gasteiger partial charge in [0, 0.05) is 23.4 Å². The van der Waals surface area contributed by atoms with Gasteiger partial charge in [-0.15, -0.1) is 11.3 Å². The SMILES string of the molecule is C.CC1CCC(C(=O)N(c2cc(-c3ccccc3)sc2C(=O)O)C(C)CN)CC1. The molecule has 1 amide bonds. The number of aromatic carboxylic acids is 1. The van der Waals surface area contributed by atoms with Crippen LogP contribution in [0.15, 0.2) is 36.4 Å². The maximum absolute atomic E-state index is 13.4. The number of nitrogens with zero attached hydrogens (tertiary/aromatic N) is 1. The van der Waals surface area contributed by atoms with E-state index in [1.54, 1.807) is 4.90 Å². The topological polar surface area (TPSA) is 83.6 Å². The van der Waals surface area contributed by atoms with E-state index in [9.17, 15) is 14.7 Å². The van der Waals surface area contributed by atoms with Crippen molar-refractivity contribution in [2.75, 3.05) is 11.4 Å². The Labute approximate surface area is 177 Å². The fraction of sp³-hybridized carbons (Fsp3) is 0.478. The number of hydrogen-bond donors (Lipinski definition) is 2. The van der Waals surface area contributed by atoms with Gasteiger partial charge < -0.3 is 15.7 Å². The number of rotatable bonds is 6. The number of nitrogens with two attached hydrogens (primary N) is 1. The van der Waals surface area contributed by atoms with E-state index in [4.69, 9.17) is 5.73 Å². The Morgan fingerprint density at radius 2 is 1.83 bits per heavy atom. The lowest BCUT2D eigenvalue weighted by atomic mass is 9.82. The third kappa shape index (κ3) is 5.06. The first-order chi connectivity index (χ1) is 13.4. The van der Waals surface area contributed by atoms with Gasteiger partial charge in [-0.1, -0.05) is 44.7 Å². The summed E-state index contributed by atoms with van der Waals surface area (Å²) in [7, 11) is 0. The summed E-state index contributed by atoms with van der Waals surface area (Å²) >= 11 is 1.21. The minimum Gasteiger partial charge on any atom is -0.477 e. The first-order valence-corrected chi connectivity index (χ1v) is 10.7. The number of hydrogen-bond acceptors (Lipinski definition) is 4. The van der Waals surface area contributed by atoms with Crippen LogP contribution >= 0.6 is 11.3 Å². The first-order valence-electron chi connectivity index (χ1n) is 9.88. The second kappa shape index (κ2) is 10.0. The second-order valence-electron chi connectivity index (χ2n) is 7.75. The van der Waals surface area contributed by atoms with E-state index in [2.05, 4.69) is 6.92 Å². The van der Waals surface area contributed by atoms with Crippen molar-refractivity contribution >= 4 is 28.9 Å². The van der Waals surface area contributed by atoms with Crippen LogP contribution in [0.5, 0.6) is 0 Å². The molecule has 1 heterocycles. The molecule has 2 aromatic rings. The Bertz CT molecular complexity index is 826. The lowest BCUT2D eigenvalue weighted by Crippen LogP contribution is -2.46. The molecule has 0 bridgehead atoms. The minimum absolute atomic E-state index is 0. The summed E-state index contributed by atoms with van der Waals surface area (Å²) in [6, 6.07) is 11.2. The van der Waals surface area contributed by atoms with Crippen molar-refractivity contribution in [1.29, 1.82) is 0 Å². The highest BCUT2D eigenvalue weighted by Gasteiger charge is 2.34. The molecule has 1 unspecified atom stereocenters. The summed E-state index contributed by atoms with van der Waals surface area (Å²) in [5.74, 6) is -0.428. The van der Waals surface area contributed by atoms with Gasteiger partial charge in [0.1, 0.15) is 4.88 Å². The number of carbonyl (C=O) groups excluding carboxylic acids is 1. The molecule has 0 saturated heterocycles. The Kier molecular flexibility index (Phi) is 7.99. The molecular formula is C23H32N2O3S. The number of amides is 1. The number of carbonyl (C=O) groups is 2. The standard InChI is InChI=1S/C22H28N2O3S.CH4/c1-14-8-10-17(11-9-14)21(25)24(15(2)13-23)18-12-19(28-20(18)22(26)27)16-6-4-3-5-7-16;/h3-7,12,14-15,17H,8-11,13,23H2,1-2H3,(H,26,27);1H4. The van der Waals surface area contributed by atoms with Gasteiger partial charge in [-0.05, 0) is 50.2 Å². The van der Waals surface area contributed by atoms with Crippen LogP contribution in [0.3, 0.4) is 0 Å². The molecule has 3 N–H and O–H groups in total. The Morgan fingerprint density at radius 3 is 2.38 bits per heavy atom. The molecule has 1 aromatic carbocycles. The largest absolute Gasteiger partial charge is 0.477 e. The Morgan fingerprint density at radius 1 is 1.21 bits per heavy atom. The molecule has 6 heteroatoms. The quantitative estimate of drug-likeness (QED) is 0.673. The maximum atomic E-state index is 13.4. The summed E-state index contributed by atoms with van der Waals surface area (Å²) in [6.07, 6.45) is 3.77. The Balaban J connectivity index is 0.00000300. The van der Waals surface area contributed by atoms with E-state index in [0.717, 1.165) is 36.1 Å². The number of benzene rings is 1. The van der Waals surface area contributed by atoms with Gasteiger partial charge in [-0.3, -0.25) is 4.79 Å². The van der Waals surface area contributed by atoms with Crippen LogP contribution < -0.4 is 10.6 Å². The molecule has 0 radical (unpaired) electrons. The van der Waals surface area contributed by atoms with Crippen molar-refractivity contribution in [3.8, 4) is 10.4 Å². The van der Waals surface area contributed by atoms with Crippen LogP contribution in [0.25, 0.3) is 10.4 Å². The zero-order chi connectivity index (χ0) is 20.3. The number of carboxylic acids is 1. The van der Waals surface area contributed by atoms with Crippen LogP contribution in [-0.2, 0) is 4.79 Å². The monoisotopic (exact) mass is 416 g/mol. The Hall–Kier alpha value is -2.18. The average Bonchev–Trinajstić information content (AvgIpc) is 3.14. The molecular weight excluding hydrogens is 384 g/mol. The van der Waals surface area contributed by atoms with Gasteiger partial charge in [0.05, 0.1) is 5.69 Å². The molecule has 1 atom stereocenters. The van der Waals surface area contributed by atoms with Crippen molar-refractivity contribution in [3.63, 3.8) is 0 Å². The van der Waals surface area contributed by atoms with Crippen LogP contribution in [0.4, 0.5) is 5.69 Å². The van der Waals surface area contributed by atoms with Crippen LogP contribution in [-0.4, -0.2) is 29.6 Å². The normalized spacial score (nSPS) is 19.8. The first kappa shape index (κ1) is 23.1. The van der Waals surface area contributed by atoms with Crippen molar-refractivity contribution in [2.24, 2.45) is 17.6 Å². The highest BCUT2D eigenvalue weighted by molar-refractivity contribution is 7.18. The zero-order valence-corrected chi connectivity index (χ0v) is 17.2. The smallest absolute Gasteiger partial charge is 0.348 e. The molecule has 1 aliphatic rings. The lowest BCUT2D eigenvalue weighted by Gasteiger charge is -2.34. The molecule has 1 saturated carbocycles. The third-order valence-corrected chi connectivity index (χ3v) is 6.77. The predicted molar refractivity (Wildman–Crippen MR) is 121 cm³/mol. The van der Waals surface area contributed by atoms with Gasteiger partial charge in [-0.2, -0.15) is 0 Å². The van der Waals surface area contributed by atoms with Gasteiger partial charge in [0.15, 0.2) is 0 Å². The summed E-state index contributed by atoms with van der Waals surface area (Å²) < 4.78 is 0.